The number of amides is 2. The normalized spacial score (nSPS) is 16.3. The molecular formula is C23H25N5O2. The smallest absolute Gasteiger partial charge is 0.271 e. The highest BCUT2D eigenvalue weighted by Gasteiger charge is 2.30. The summed E-state index contributed by atoms with van der Waals surface area (Å²) in [4.78, 5) is 31.6. The summed E-state index contributed by atoms with van der Waals surface area (Å²) < 4.78 is 0. The highest BCUT2D eigenvalue weighted by atomic mass is 16.2. The van der Waals surface area contributed by atoms with Crippen LogP contribution in [0.2, 0.25) is 0 Å². The van der Waals surface area contributed by atoms with Gasteiger partial charge in [0, 0.05) is 36.7 Å². The number of rotatable bonds is 4. The van der Waals surface area contributed by atoms with Crippen molar-refractivity contribution in [2.75, 3.05) is 18.4 Å². The molecule has 0 aliphatic carbocycles. The molecule has 3 heterocycles. The Bertz CT molecular complexity index is 1060. The molecule has 1 atom stereocenters. The number of H-pyrrole nitrogens is 1. The monoisotopic (exact) mass is 403 g/mol. The van der Waals surface area contributed by atoms with E-state index in [-0.39, 0.29) is 17.7 Å². The molecule has 1 aromatic carbocycles. The van der Waals surface area contributed by atoms with Crippen molar-refractivity contribution < 1.29 is 9.59 Å². The Balaban J connectivity index is 1.43. The maximum Gasteiger partial charge on any atom is 0.271 e. The summed E-state index contributed by atoms with van der Waals surface area (Å²) in [6.07, 6.45) is 4.94. The van der Waals surface area contributed by atoms with E-state index in [1.54, 1.807) is 23.4 Å². The maximum atomic E-state index is 13.0. The Hall–Kier alpha value is -3.48. The third-order valence-electron chi connectivity index (χ3n) is 5.73. The summed E-state index contributed by atoms with van der Waals surface area (Å²) in [6, 6.07) is 11.3. The van der Waals surface area contributed by atoms with Crippen LogP contribution in [0, 0.1) is 19.8 Å². The highest BCUT2D eigenvalue weighted by Crippen LogP contribution is 2.24. The van der Waals surface area contributed by atoms with Crippen LogP contribution < -0.4 is 5.32 Å². The van der Waals surface area contributed by atoms with Gasteiger partial charge in [-0.25, -0.2) is 0 Å². The molecule has 0 radical (unpaired) electrons. The number of anilines is 1. The fraction of sp³-hybridized carbons (Fsp3) is 0.304. The van der Waals surface area contributed by atoms with Crippen LogP contribution in [0.4, 0.5) is 5.69 Å². The van der Waals surface area contributed by atoms with Crippen LogP contribution in [0.5, 0.6) is 0 Å². The molecule has 7 heteroatoms. The summed E-state index contributed by atoms with van der Waals surface area (Å²) in [5.74, 6) is -0.402. The van der Waals surface area contributed by atoms with Crippen molar-refractivity contribution in [1.29, 1.82) is 0 Å². The van der Waals surface area contributed by atoms with Crippen molar-refractivity contribution >= 4 is 17.5 Å². The number of carbonyl (C=O) groups excluding carboxylic acids is 2. The van der Waals surface area contributed by atoms with Crippen molar-refractivity contribution in [2.45, 2.75) is 26.7 Å². The number of aryl methyl sites for hydroxylation is 1. The van der Waals surface area contributed by atoms with Gasteiger partial charge in [0.2, 0.25) is 5.91 Å². The molecule has 1 saturated heterocycles. The van der Waals surface area contributed by atoms with Crippen LogP contribution in [0.15, 0.2) is 48.8 Å². The van der Waals surface area contributed by atoms with Gasteiger partial charge >= 0.3 is 0 Å². The van der Waals surface area contributed by atoms with Gasteiger partial charge in [-0.3, -0.25) is 19.7 Å². The van der Waals surface area contributed by atoms with Crippen molar-refractivity contribution in [3.63, 3.8) is 0 Å². The number of benzene rings is 1. The zero-order chi connectivity index (χ0) is 21.1. The van der Waals surface area contributed by atoms with Crippen LogP contribution in [-0.4, -0.2) is 45.0 Å². The lowest BCUT2D eigenvalue weighted by Gasteiger charge is -2.31. The van der Waals surface area contributed by atoms with Crippen LogP contribution in [-0.2, 0) is 4.79 Å². The number of aromatic amines is 1. The second kappa shape index (κ2) is 8.49. The van der Waals surface area contributed by atoms with E-state index in [1.807, 2.05) is 44.2 Å². The second-order valence-corrected chi connectivity index (χ2v) is 7.73. The molecule has 0 spiro atoms. The first-order valence-electron chi connectivity index (χ1n) is 10.1. The van der Waals surface area contributed by atoms with E-state index in [1.165, 1.54) is 0 Å². The van der Waals surface area contributed by atoms with Crippen molar-refractivity contribution in [1.82, 2.24) is 20.1 Å². The van der Waals surface area contributed by atoms with E-state index < -0.39 is 0 Å². The third kappa shape index (κ3) is 4.10. The lowest BCUT2D eigenvalue weighted by atomic mass is 9.96. The first-order chi connectivity index (χ1) is 14.5. The minimum absolute atomic E-state index is 0.0386. The maximum absolute atomic E-state index is 13.0. The molecule has 1 aliphatic rings. The number of hydrogen-bond acceptors (Lipinski definition) is 4. The Morgan fingerprint density at radius 3 is 2.77 bits per heavy atom. The van der Waals surface area contributed by atoms with E-state index in [0.717, 1.165) is 35.2 Å². The summed E-state index contributed by atoms with van der Waals surface area (Å²) in [7, 11) is 0. The van der Waals surface area contributed by atoms with Crippen molar-refractivity contribution in [3.05, 3.63) is 65.6 Å². The third-order valence-corrected chi connectivity index (χ3v) is 5.73. The summed E-state index contributed by atoms with van der Waals surface area (Å²) in [5, 5.41) is 10.1. The number of carbonyl (C=O) groups is 2. The Kier molecular flexibility index (Phi) is 5.61. The molecule has 2 N–H and O–H groups in total. The number of aromatic nitrogens is 3. The molecule has 154 valence electrons. The Morgan fingerprint density at radius 2 is 1.97 bits per heavy atom. The lowest BCUT2D eigenvalue weighted by molar-refractivity contribution is -0.121. The quantitative estimate of drug-likeness (QED) is 0.697. The average Bonchev–Trinajstić information content (AvgIpc) is 3.27. The van der Waals surface area contributed by atoms with Crippen LogP contribution in [0.1, 0.15) is 34.5 Å². The van der Waals surface area contributed by atoms with E-state index >= 15 is 0 Å². The Morgan fingerprint density at radius 1 is 1.17 bits per heavy atom. The average molecular weight is 403 g/mol. The minimum Gasteiger partial charge on any atom is -0.337 e. The number of pyridine rings is 1. The fourth-order valence-electron chi connectivity index (χ4n) is 3.77. The number of likely N-dealkylation sites (tertiary alicyclic amines) is 1. The summed E-state index contributed by atoms with van der Waals surface area (Å²) >= 11 is 0. The van der Waals surface area contributed by atoms with Crippen LogP contribution in [0.3, 0.4) is 0 Å². The van der Waals surface area contributed by atoms with Gasteiger partial charge in [0.05, 0.1) is 11.6 Å². The molecule has 1 fully saturated rings. The topological polar surface area (TPSA) is 91.0 Å². The van der Waals surface area contributed by atoms with Gasteiger partial charge < -0.3 is 10.2 Å². The lowest BCUT2D eigenvalue weighted by Crippen LogP contribution is -2.44. The second-order valence-electron chi connectivity index (χ2n) is 7.73. The van der Waals surface area contributed by atoms with E-state index in [0.29, 0.717) is 24.5 Å². The van der Waals surface area contributed by atoms with E-state index in [4.69, 9.17) is 0 Å². The molecule has 0 saturated carbocycles. The van der Waals surface area contributed by atoms with Crippen LogP contribution >= 0.6 is 0 Å². The SMILES string of the molecule is Cc1cccc(NC(=O)[C@@H]2CCCN(C(=O)c3cc(-c4ccncc4)n[nH]3)C2)c1C. The van der Waals surface area contributed by atoms with Gasteiger partial charge in [0.1, 0.15) is 5.69 Å². The first-order valence-corrected chi connectivity index (χ1v) is 10.1. The zero-order valence-electron chi connectivity index (χ0n) is 17.2. The molecule has 30 heavy (non-hydrogen) atoms. The minimum atomic E-state index is -0.231. The molecule has 1 aliphatic heterocycles. The molecule has 0 unspecified atom stereocenters. The first kappa shape index (κ1) is 19.8. The number of nitrogens with zero attached hydrogens (tertiary/aromatic N) is 3. The van der Waals surface area contributed by atoms with Gasteiger partial charge in [-0.05, 0) is 62.1 Å². The van der Waals surface area contributed by atoms with Gasteiger partial charge in [-0.1, -0.05) is 12.1 Å². The van der Waals surface area contributed by atoms with Gasteiger partial charge in [0.15, 0.2) is 0 Å². The van der Waals surface area contributed by atoms with Crippen LogP contribution in [0.25, 0.3) is 11.3 Å². The van der Waals surface area contributed by atoms with Crippen molar-refractivity contribution in [2.24, 2.45) is 5.92 Å². The molecule has 4 rings (SSSR count). The molecule has 7 nitrogen and oxygen atoms in total. The molecule has 2 amide bonds. The van der Waals surface area contributed by atoms with E-state index in [2.05, 4.69) is 20.5 Å². The summed E-state index contributed by atoms with van der Waals surface area (Å²) in [6.45, 7) is 5.06. The largest absolute Gasteiger partial charge is 0.337 e. The standard InChI is InChI=1S/C23H25N5O2/c1-15-5-3-7-19(16(15)2)25-22(29)18-6-4-12-28(14-18)23(30)21-13-20(26-27-21)17-8-10-24-11-9-17/h3,5,7-11,13,18H,4,6,12,14H2,1-2H3,(H,25,29)(H,26,27)/t18-/m1/s1. The van der Waals surface area contributed by atoms with Gasteiger partial charge in [-0.2, -0.15) is 5.10 Å². The van der Waals surface area contributed by atoms with Gasteiger partial charge in [-0.15, -0.1) is 0 Å². The zero-order valence-corrected chi connectivity index (χ0v) is 17.2. The predicted molar refractivity (Wildman–Crippen MR) is 115 cm³/mol. The number of nitrogens with one attached hydrogen (secondary N) is 2. The van der Waals surface area contributed by atoms with Crippen molar-refractivity contribution in [3.8, 4) is 11.3 Å². The van der Waals surface area contributed by atoms with Gasteiger partial charge in [0.25, 0.3) is 5.91 Å². The Labute approximate surface area is 175 Å². The number of piperidine rings is 1. The number of hydrogen-bond donors (Lipinski definition) is 2. The summed E-state index contributed by atoms with van der Waals surface area (Å²) in [5.41, 5.74) is 5.05. The molecule has 2 aromatic heterocycles. The highest BCUT2D eigenvalue weighted by molar-refractivity contribution is 5.96. The van der Waals surface area contributed by atoms with E-state index in [9.17, 15) is 9.59 Å². The molecular weight excluding hydrogens is 378 g/mol. The fourth-order valence-corrected chi connectivity index (χ4v) is 3.77. The predicted octanol–water partition coefficient (Wildman–Crippen LogP) is 3.58. The molecule has 3 aromatic rings. The molecule has 0 bridgehead atoms.